The maximum Gasteiger partial charge on any atom is 0.573 e. The van der Waals surface area contributed by atoms with E-state index in [0.717, 1.165) is 13.2 Å². The second-order valence-electron chi connectivity index (χ2n) is 3.41. The van der Waals surface area contributed by atoms with Gasteiger partial charge in [0.1, 0.15) is 0 Å². The Hall–Kier alpha value is -1.99. The van der Waals surface area contributed by atoms with Gasteiger partial charge in [0.25, 0.3) is 0 Å². The fraction of sp³-hybridized carbons (Fsp3) is 0.400. The van der Waals surface area contributed by atoms with Crippen LogP contribution in [0, 0.1) is 6.92 Å². The van der Waals surface area contributed by atoms with E-state index in [0.29, 0.717) is 0 Å². The highest BCUT2D eigenvalue weighted by molar-refractivity contribution is 5.73. The molecule has 5 nitrogen and oxygen atoms in total. The Labute approximate surface area is 99.5 Å². The minimum Gasteiger partial charge on any atom is -0.469 e. The number of methoxy groups -OCH3 is 1. The molecule has 0 saturated heterocycles. The molecule has 1 aromatic rings. The third kappa shape index (κ3) is 3.79. The van der Waals surface area contributed by atoms with E-state index in [2.05, 4.69) is 14.5 Å². The molecule has 0 amide bonds. The Morgan fingerprint density at radius 1 is 1.44 bits per heavy atom. The first kappa shape index (κ1) is 14.1. The van der Waals surface area contributed by atoms with Crippen molar-refractivity contribution in [3.05, 3.63) is 27.7 Å². The number of aromatic amines is 1. The van der Waals surface area contributed by atoms with Gasteiger partial charge in [-0.2, -0.15) is 0 Å². The van der Waals surface area contributed by atoms with Gasteiger partial charge >= 0.3 is 12.3 Å². The number of pyridine rings is 1. The van der Waals surface area contributed by atoms with Gasteiger partial charge in [-0.15, -0.1) is 13.2 Å². The van der Waals surface area contributed by atoms with E-state index in [9.17, 15) is 22.8 Å². The molecule has 8 heteroatoms. The molecule has 0 spiro atoms. The van der Waals surface area contributed by atoms with Crippen molar-refractivity contribution in [2.45, 2.75) is 19.7 Å². The van der Waals surface area contributed by atoms with Gasteiger partial charge in [-0.25, -0.2) is 0 Å². The van der Waals surface area contributed by atoms with Gasteiger partial charge in [0.2, 0.25) is 5.56 Å². The number of hydrogen-bond acceptors (Lipinski definition) is 4. The Kier molecular flexibility index (Phi) is 4.00. The number of halogens is 3. The number of carbonyl (C=O) groups excluding carboxylic acids is 1. The van der Waals surface area contributed by atoms with E-state index in [4.69, 9.17) is 0 Å². The van der Waals surface area contributed by atoms with Crippen LogP contribution in [0.25, 0.3) is 0 Å². The highest BCUT2D eigenvalue weighted by atomic mass is 19.4. The van der Waals surface area contributed by atoms with E-state index in [1.54, 1.807) is 0 Å². The van der Waals surface area contributed by atoms with E-state index < -0.39 is 30.1 Å². The molecule has 0 atom stereocenters. The number of H-pyrrole nitrogens is 1. The molecule has 1 aromatic heterocycles. The highest BCUT2D eigenvalue weighted by Gasteiger charge is 2.33. The topological polar surface area (TPSA) is 68.4 Å². The van der Waals surface area contributed by atoms with Gasteiger partial charge in [-0.05, 0) is 6.92 Å². The van der Waals surface area contributed by atoms with Crippen molar-refractivity contribution in [2.24, 2.45) is 0 Å². The summed E-state index contributed by atoms with van der Waals surface area (Å²) >= 11 is 0. The van der Waals surface area contributed by atoms with Gasteiger partial charge in [0.15, 0.2) is 5.75 Å². The molecule has 1 rings (SSSR count). The van der Waals surface area contributed by atoms with Crippen LogP contribution in [0.2, 0.25) is 0 Å². The number of hydrogen-bond donors (Lipinski definition) is 1. The highest BCUT2D eigenvalue weighted by Crippen LogP contribution is 2.28. The number of aromatic nitrogens is 1. The van der Waals surface area contributed by atoms with Crippen LogP contribution >= 0.6 is 0 Å². The summed E-state index contributed by atoms with van der Waals surface area (Å²) < 4.78 is 44.7. The maximum atomic E-state index is 12.2. The number of aryl methyl sites for hydroxylation is 1. The summed E-state index contributed by atoms with van der Waals surface area (Å²) in [4.78, 5) is 24.4. The van der Waals surface area contributed by atoms with Crippen LogP contribution in [0.4, 0.5) is 13.2 Å². The molecule has 18 heavy (non-hydrogen) atoms. The molecule has 0 aliphatic carbocycles. The van der Waals surface area contributed by atoms with Crippen LogP contribution in [0.3, 0.4) is 0 Å². The molecule has 0 radical (unpaired) electrons. The molecule has 0 fully saturated rings. The van der Waals surface area contributed by atoms with Gasteiger partial charge in [0, 0.05) is 11.6 Å². The van der Waals surface area contributed by atoms with Gasteiger partial charge in [-0.3, -0.25) is 9.59 Å². The van der Waals surface area contributed by atoms with Crippen molar-refractivity contribution in [3.63, 3.8) is 0 Å². The summed E-state index contributed by atoms with van der Waals surface area (Å²) in [6, 6.07) is 0.866. The zero-order valence-corrected chi connectivity index (χ0v) is 9.55. The number of nitrogens with one attached hydrogen (secondary N) is 1. The first-order chi connectivity index (χ1) is 8.23. The van der Waals surface area contributed by atoms with Crippen LogP contribution in [0.5, 0.6) is 5.75 Å². The SMILES string of the molecule is COC(=O)Cc1cc(=O)[nH]c(C)c1OC(F)(F)F. The van der Waals surface area contributed by atoms with Gasteiger partial charge in [-0.1, -0.05) is 0 Å². The lowest BCUT2D eigenvalue weighted by Gasteiger charge is -2.14. The normalized spacial score (nSPS) is 11.2. The minimum atomic E-state index is -4.91. The van der Waals surface area contributed by atoms with Crippen LogP contribution in [0.15, 0.2) is 10.9 Å². The molecule has 0 aromatic carbocycles. The number of carbonyl (C=O) groups is 1. The lowest BCUT2D eigenvalue weighted by atomic mass is 10.1. The maximum absolute atomic E-state index is 12.2. The fourth-order valence-corrected chi connectivity index (χ4v) is 1.36. The molecular weight excluding hydrogens is 255 g/mol. The Balaban J connectivity index is 3.21. The molecule has 0 saturated carbocycles. The van der Waals surface area contributed by atoms with Gasteiger partial charge in [0.05, 0.1) is 19.2 Å². The molecule has 0 aliphatic heterocycles. The fourth-order valence-electron chi connectivity index (χ4n) is 1.36. The van der Waals surface area contributed by atoms with Crippen LogP contribution in [0.1, 0.15) is 11.3 Å². The first-order valence-corrected chi connectivity index (χ1v) is 4.78. The average molecular weight is 265 g/mol. The third-order valence-corrected chi connectivity index (χ3v) is 2.03. The van der Waals surface area contributed by atoms with Crippen molar-refractivity contribution in [3.8, 4) is 5.75 Å². The van der Waals surface area contributed by atoms with Crippen LogP contribution in [-0.4, -0.2) is 24.4 Å². The summed E-state index contributed by atoms with van der Waals surface area (Å²) in [6.45, 7) is 1.24. The molecule has 100 valence electrons. The Morgan fingerprint density at radius 2 is 2.06 bits per heavy atom. The zero-order chi connectivity index (χ0) is 13.9. The van der Waals surface area contributed by atoms with Crippen LogP contribution < -0.4 is 10.3 Å². The predicted molar refractivity (Wildman–Crippen MR) is 54.2 cm³/mol. The zero-order valence-electron chi connectivity index (χ0n) is 9.55. The van der Waals surface area contributed by atoms with Crippen LogP contribution in [-0.2, 0) is 16.0 Å². The molecule has 0 unspecified atom stereocenters. The Morgan fingerprint density at radius 3 is 2.56 bits per heavy atom. The summed E-state index contributed by atoms with van der Waals surface area (Å²) in [7, 11) is 1.09. The van der Waals surface area contributed by atoms with Gasteiger partial charge < -0.3 is 14.5 Å². The molecule has 0 aliphatic rings. The van der Waals surface area contributed by atoms with E-state index in [1.165, 1.54) is 6.92 Å². The largest absolute Gasteiger partial charge is 0.573 e. The summed E-state index contributed by atoms with van der Waals surface area (Å²) in [5.41, 5.74) is -0.917. The quantitative estimate of drug-likeness (QED) is 0.836. The second kappa shape index (κ2) is 5.11. The lowest BCUT2D eigenvalue weighted by Crippen LogP contribution is -2.22. The monoisotopic (exact) mass is 265 g/mol. The standard InChI is InChI=1S/C10H10F3NO4/c1-5-9(18-10(11,12)13)6(3-7(15)14-5)4-8(16)17-2/h3H,4H2,1-2H3,(H,14,15). The van der Waals surface area contributed by atoms with E-state index in [-0.39, 0.29) is 11.3 Å². The van der Waals surface area contributed by atoms with Crippen molar-refractivity contribution >= 4 is 5.97 Å². The first-order valence-electron chi connectivity index (χ1n) is 4.78. The molecular formula is C10H10F3NO4. The summed E-state index contributed by atoms with van der Waals surface area (Å²) in [6.07, 6.45) is -5.39. The van der Waals surface area contributed by atoms with Crippen molar-refractivity contribution in [1.82, 2.24) is 4.98 Å². The lowest BCUT2D eigenvalue weighted by molar-refractivity contribution is -0.275. The smallest absolute Gasteiger partial charge is 0.469 e. The average Bonchev–Trinajstić information content (AvgIpc) is 2.21. The molecule has 1 heterocycles. The van der Waals surface area contributed by atoms with E-state index >= 15 is 0 Å². The van der Waals surface area contributed by atoms with E-state index in [1.807, 2.05) is 0 Å². The summed E-state index contributed by atoms with van der Waals surface area (Å²) in [5, 5.41) is 0. The number of alkyl halides is 3. The summed E-state index contributed by atoms with van der Waals surface area (Å²) in [5.74, 6) is -1.36. The number of esters is 1. The second-order valence-corrected chi connectivity index (χ2v) is 3.41. The predicted octanol–water partition coefficient (Wildman–Crippen LogP) is 1.30. The van der Waals surface area contributed by atoms with Crippen molar-refractivity contribution in [1.29, 1.82) is 0 Å². The number of rotatable bonds is 3. The van der Waals surface area contributed by atoms with Crippen molar-refractivity contribution < 1.29 is 27.4 Å². The number of ether oxygens (including phenoxy) is 2. The third-order valence-electron chi connectivity index (χ3n) is 2.03. The minimum absolute atomic E-state index is 0.112. The molecule has 0 bridgehead atoms. The van der Waals surface area contributed by atoms with Crippen molar-refractivity contribution in [2.75, 3.05) is 7.11 Å². The molecule has 1 N–H and O–H groups in total. The Bertz CT molecular complexity index is 507.